The van der Waals surface area contributed by atoms with Crippen molar-refractivity contribution in [3.05, 3.63) is 58.1 Å². The Morgan fingerprint density at radius 2 is 2.25 bits per heavy atom. The zero-order valence-corrected chi connectivity index (χ0v) is 10.5. The van der Waals surface area contributed by atoms with Gasteiger partial charge >= 0.3 is 0 Å². The van der Waals surface area contributed by atoms with E-state index in [0.29, 0.717) is 11.5 Å². The predicted octanol–water partition coefficient (Wildman–Crippen LogP) is 0.332. The van der Waals surface area contributed by atoms with Crippen LogP contribution in [0.5, 0.6) is 0 Å². The maximum Gasteiger partial charge on any atom is 0.262 e. The number of aromatic nitrogens is 2. The van der Waals surface area contributed by atoms with Gasteiger partial charge < -0.3 is 16.0 Å². The fourth-order valence-corrected chi connectivity index (χ4v) is 1.49. The largest absolute Gasteiger partial charge is 0.367 e. The minimum absolute atomic E-state index is 0.0211. The minimum Gasteiger partial charge on any atom is -0.367 e. The summed E-state index contributed by atoms with van der Waals surface area (Å²) in [5, 5.41) is 2.55. The molecule has 0 unspecified atom stereocenters. The molecule has 100 valence electrons. The summed E-state index contributed by atoms with van der Waals surface area (Å²) in [7, 11) is 0. The molecule has 4 N–H and O–H groups in total. The molecule has 0 fully saturated rings. The molecule has 2 aromatic heterocycles. The van der Waals surface area contributed by atoms with Crippen molar-refractivity contribution in [1.82, 2.24) is 9.97 Å². The van der Waals surface area contributed by atoms with Gasteiger partial charge in [-0.3, -0.25) is 9.59 Å². The van der Waals surface area contributed by atoms with Gasteiger partial charge in [-0.15, -0.1) is 0 Å². The van der Waals surface area contributed by atoms with Crippen molar-refractivity contribution in [2.75, 3.05) is 11.9 Å². The minimum atomic E-state index is -0.525. The number of hydrogen-bond acceptors (Lipinski definition) is 4. The normalized spacial score (nSPS) is 9.45. The monoisotopic (exact) mass is 268 g/mol. The van der Waals surface area contributed by atoms with Crippen molar-refractivity contribution in [3.63, 3.8) is 0 Å². The van der Waals surface area contributed by atoms with Gasteiger partial charge in [-0.05, 0) is 18.1 Å². The lowest BCUT2D eigenvalue weighted by Gasteiger charge is -2.03. The number of hydrogen-bond donors (Lipinski definition) is 3. The molecule has 20 heavy (non-hydrogen) atoms. The van der Waals surface area contributed by atoms with Crippen LogP contribution in [0.15, 0.2) is 41.5 Å². The molecule has 0 bridgehead atoms. The van der Waals surface area contributed by atoms with E-state index in [9.17, 15) is 9.59 Å². The number of H-pyrrole nitrogens is 1. The van der Waals surface area contributed by atoms with E-state index < -0.39 is 5.91 Å². The van der Waals surface area contributed by atoms with Gasteiger partial charge in [-0.25, -0.2) is 4.98 Å². The van der Waals surface area contributed by atoms with Gasteiger partial charge in [0.2, 0.25) is 0 Å². The molecule has 0 saturated heterocycles. The van der Waals surface area contributed by atoms with E-state index >= 15 is 0 Å². The van der Waals surface area contributed by atoms with Crippen molar-refractivity contribution in [3.8, 4) is 11.8 Å². The first-order valence-electron chi connectivity index (χ1n) is 5.85. The van der Waals surface area contributed by atoms with E-state index in [-0.39, 0.29) is 17.5 Å². The van der Waals surface area contributed by atoms with Gasteiger partial charge in [0, 0.05) is 18.5 Å². The van der Waals surface area contributed by atoms with Gasteiger partial charge in [0.15, 0.2) is 5.43 Å². The average molecular weight is 268 g/mol. The molecule has 6 nitrogen and oxygen atoms in total. The zero-order valence-electron chi connectivity index (χ0n) is 10.5. The Hall–Kier alpha value is -2.91. The van der Waals surface area contributed by atoms with Crippen LogP contribution in [-0.2, 0) is 0 Å². The third kappa shape index (κ3) is 3.31. The van der Waals surface area contributed by atoms with Crippen LogP contribution in [0.25, 0.3) is 0 Å². The van der Waals surface area contributed by atoms with Crippen molar-refractivity contribution >= 4 is 11.7 Å². The molecule has 2 aromatic rings. The Morgan fingerprint density at radius 3 is 3.00 bits per heavy atom. The number of carbonyl (C=O) groups is 1. The number of anilines is 1. The first-order chi connectivity index (χ1) is 9.70. The smallest absolute Gasteiger partial charge is 0.262 e. The Morgan fingerprint density at radius 1 is 1.40 bits per heavy atom. The predicted molar refractivity (Wildman–Crippen MR) is 75.2 cm³/mol. The third-order valence-electron chi connectivity index (χ3n) is 2.38. The van der Waals surface area contributed by atoms with E-state index in [4.69, 9.17) is 5.73 Å². The van der Waals surface area contributed by atoms with Crippen LogP contribution >= 0.6 is 0 Å². The molecular formula is C14H12N4O2. The first-order valence-corrected chi connectivity index (χ1v) is 5.85. The van der Waals surface area contributed by atoms with Gasteiger partial charge in [0.1, 0.15) is 17.1 Å². The number of rotatable bonds is 2. The number of nitrogens with zero attached hydrogens (tertiary/aromatic N) is 1. The summed E-state index contributed by atoms with van der Waals surface area (Å²) in [6.45, 7) is 0.234. The summed E-state index contributed by atoms with van der Waals surface area (Å²) in [6, 6.07) is 6.31. The first kappa shape index (κ1) is 13.5. The molecule has 0 radical (unpaired) electrons. The van der Waals surface area contributed by atoms with Gasteiger partial charge in [0.25, 0.3) is 5.91 Å². The molecule has 0 aliphatic heterocycles. The van der Waals surface area contributed by atoms with Crippen LogP contribution in [0, 0.1) is 11.8 Å². The second kappa shape index (κ2) is 6.31. The van der Waals surface area contributed by atoms with Gasteiger partial charge in [0.05, 0.1) is 6.54 Å². The summed E-state index contributed by atoms with van der Waals surface area (Å²) in [5.74, 6) is 5.23. The van der Waals surface area contributed by atoms with E-state index in [1.165, 1.54) is 18.5 Å². The van der Waals surface area contributed by atoms with Gasteiger partial charge in [-0.2, -0.15) is 0 Å². The maximum atomic E-state index is 11.9. The highest BCUT2D eigenvalue weighted by molar-refractivity contribution is 6.03. The number of nitrogens with two attached hydrogens (primary N) is 1. The van der Waals surface area contributed by atoms with Crippen LogP contribution in [0.1, 0.15) is 16.1 Å². The second-order valence-corrected chi connectivity index (χ2v) is 3.79. The SMILES string of the molecule is NCC#Cc1cccc(NC(=O)c2c[nH]ccc2=O)n1. The van der Waals surface area contributed by atoms with Crippen molar-refractivity contribution in [2.45, 2.75) is 0 Å². The number of pyridine rings is 2. The second-order valence-electron chi connectivity index (χ2n) is 3.79. The van der Waals surface area contributed by atoms with E-state index in [2.05, 4.69) is 27.1 Å². The molecular weight excluding hydrogens is 256 g/mol. The third-order valence-corrected chi connectivity index (χ3v) is 2.38. The summed E-state index contributed by atoms with van der Waals surface area (Å²) < 4.78 is 0. The van der Waals surface area contributed by atoms with Crippen molar-refractivity contribution in [1.29, 1.82) is 0 Å². The van der Waals surface area contributed by atoms with Crippen LogP contribution < -0.4 is 16.5 Å². The molecule has 0 aromatic carbocycles. The molecule has 0 aliphatic rings. The lowest BCUT2D eigenvalue weighted by molar-refractivity contribution is 0.102. The molecule has 1 amide bonds. The van der Waals surface area contributed by atoms with E-state index in [1.807, 2.05) is 0 Å². The van der Waals surface area contributed by atoms with Gasteiger partial charge in [-0.1, -0.05) is 12.0 Å². The van der Waals surface area contributed by atoms with Crippen LogP contribution in [0.3, 0.4) is 0 Å². The Balaban J connectivity index is 2.20. The number of aromatic amines is 1. The average Bonchev–Trinajstić information content (AvgIpc) is 2.46. The zero-order chi connectivity index (χ0) is 14.4. The summed E-state index contributed by atoms with van der Waals surface area (Å²) in [5.41, 5.74) is 5.43. The topological polar surface area (TPSA) is 101 Å². The van der Waals surface area contributed by atoms with Crippen molar-refractivity contribution < 1.29 is 4.79 Å². The molecule has 2 rings (SSSR count). The summed E-state index contributed by atoms with van der Waals surface area (Å²) >= 11 is 0. The molecule has 0 aliphatic carbocycles. The Kier molecular flexibility index (Phi) is 4.27. The standard InChI is InChI=1S/C14H12N4O2/c15-7-2-4-10-3-1-5-13(17-10)18-14(20)11-9-16-8-6-12(11)19/h1,3,5-6,8-9H,7,15H2,(H,16,19)(H,17,18,20). The van der Waals surface area contributed by atoms with Crippen LogP contribution in [-0.4, -0.2) is 22.4 Å². The summed E-state index contributed by atoms with van der Waals surface area (Å²) in [4.78, 5) is 30.3. The van der Waals surface area contributed by atoms with E-state index in [0.717, 1.165) is 0 Å². The van der Waals surface area contributed by atoms with E-state index in [1.54, 1.807) is 18.2 Å². The van der Waals surface area contributed by atoms with Crippen LogP contribution in [0.4, 0.5) is 5.82 Å². The quantitative estimate of drug-likeness (QED) is 0.683. The highest BCUT2D eigenvalue weighted by atomic mass is 16.2. The number of carbonyl (C=O) groups excluding carboxylic acids is 1. The molecule has 6 heteroatoms. The fourth-order valence-electron chi connectivity index (χ4n) is 1.49. The fraction of sp³-hybridized carbons (Fsp3) is 0.0714. The lowest BCUT2D eigenvalue weighted by Crippen LogP contribution is -2.21. The molecule has 2 heterocycles. The maximum absolute atomic E-state index is 11.9. The summed E-state index contributed by atoms with van der Waals surface area (Å²) in [6.07, 6.45) is 2.80. The molecule has 0 atom stereocenters. The van der Waals surface area contributed by atoms with Crippen molar-refractivity contribution in [2.24, 2.45) is 5.73 Å². The Labute approximate surface area is 115 Å². The molecule has 0 spiro atoms. The Bertz CT molecular complexity index is 740. The molecule has 0 saturated carbocycles. The highest BCUT2D eigenvalue weighted by Crippen LogP contribution is 2.05. The number of nitrogens with one attached hydrogen (secondary N) is 2. The lowest BCUT2D eigenvalue weighted by atomic mass is 10.2. The van der Waals surface area contributed by atoms with Crippen LogP contribution in [0.2, 0.25) is 0 Å². The number of amides is 1. The highest BCUT2D eigenvalue weighted by Gasteiger charge is 2.10.